The molecule has 18 nitrogen and oxygen atoms in total. The fourth-order valence-corrected chi connectivity index (χ4v) is 8.88. The Labute approximate surface area is 272 Å². The number of amides is 2. The molecule has 5 heterocycles. The SMILES string of the molecule is C[n+]1c(N)nn2c(SCC3(C(=O)[O-])CS[C@@H]4C(NC(=O)C(=NOC5(C(=O)O)CCCC5)c5csc(N)n5)C(=O)N4C3)nc(N)cc21. The fourth-order valence-electron chi connectivity index (χ4n) is 5.53. The molecule has 3 aliphatic rings. The molecule has 2 unspecified atom stereocenters. The van der Waals surface area contributed by atoms with Gasteiger partial charge in [-0.25, -0.2) is 14.3 Å². The molecule has 3 aromatic rings. The average Bonchev–Trinajstić information content (AvgIpc) is 3.75. The van der Waals surface area contributed by atoms with Gasteiger partial charge in [-0.3, -0.25) is 9.59 Å². The lowest BCUT2D eigenvalue weighted by Crippen LogP contribution is -2.75. The number of thiazole rings is 1. The second kappa shape index (κ2) is 11.8. The van der Waals surface area contributed by atoms with Crippen molar-refractivity contribution in [3.05, 3.63) is 17.1 Å². The number of carboxylic acid groups (broad SMARTS) is 2. The quantitative estimate of drug-likeness (QED) is 0.0377. The first-order valence-corrected chi connectivity index (χ1v) is 16.8. The van der Waals surface area contributed by atoms with E-state index in [0.29, 0.717) is 23.6 Å². The lowest BCUT2D eigenvalue weighted by atomic mass is 9.89. The Morgan fingerprint density at radius 3 is 2.67 bits per heavy atom. The van der Waals surface area contributed by atoms with E-state index in [1.165, 1.54) is 26.6 Å². The van der Waals surface area contributed by atoms with Crippen molar-refractivity contribution in [3.63, 3.8) is 0 Å². The number of anilines is 3. The summed E-state index contributed by atoms with van der Waals surface area (Å²) in [4.78, 5) is 66.4. The number of rotatable bonds is 10. The van der Waals surface area contributed by atoms with Crippen molar-refractivity contribution < 1.29 is 38.8 Å². The number of oxime groups is 1. The van der Waals surface area contributed by atoms with Crippen molar-refractivity contribution in [2.75, 3.05) is 35.3 Å². The molecule has 0 aromatic carbocycles. The van der Waals surface area contributed by atoms with Gasteiger partial charge in [-0.2, -0.15) is 4.98 Å². The van der Waals surface area contributed by atoms with E-state index in [-0.39, 0.29) is 59.2 Å². The summed E-state index contributed by atoms with van der Waals surface area (Å²) in [7, 11) is 1.70. The first kappa shape index (κ1) is 31.6. The number of carbonyl (C=O) groups is 4. The minimum atomic E-state index is -1.57. The molecule has 46 heavy (non-hydrogen) atoms. The van der Waals surface area contributed by atoms with Crippen LogP contribution in [0.15, 0.2) is 21.8 Å². The first-order valence-electron chi connectivity index (χ1n) is 13.9. The van der Waals surface area contributed by atoms with Gasteiger partial charge < -0.3 is 47.3 Å². The first-order chi connectivity index (χ1) is 21.8. The molecule has 0 bridgehead atoms. The highest BCUT2D eigenvalue weighted by molar-refractivity contribution is 8.00. The lowest BCUT2D eigenvalue weighted by Gasteiger charge is -2.55. The Morgan fingerprint density at radius 2 is 2.02 bits per heavy atom. The zero-order valence-electron chi connectivity index (χ0n) is 24.2. The number of hydrogen-bond acceptors (Lipinski definition) is 16. The van der Waals surface area contributed by atoms with Gasteiger partial charge in [-0.05, 0) is 12.8 Å². The number of carboxylic acids is 2. The molecule has 1 saturated carbocycles. The number of fused-ring (bicyclic) bond motifs is 2. The summed E-state index contributed by atoms with van der Waals surface area (Å²) < 4.78 is 3.07. The van der Waals surface area contributed by atoms with Crippen LogP contribution in [-0.4, -0.2) is 94.1 Å². The van der Waals surface area contributed by atoms with Gasteiger partial charge in [0.2, 0.25) is 22.3 Å². The number of aryl methyl sites for hydroxylation is 1. The minimum absolute atomic E-state index is 0.0182. The van der Waals surface area contributed by atoms with Crippen molar-refractivity contribution >= 4 is 86.9 Å². The summed E-state index contributed by atoms with van der Waals surface area (Å²) in [5, 5.41) is 34.4. The maximum atomic E-state index is 13.4. The summed E-state index contributed by atoms with van der Waals surface area (Å²) in [6.45, 7) is -0.167. The molecule has 3 aromatic heterocycles. The monoisotopic (exact) mass is 691 g/mol. The molecular formula is C25H29N11O7S3. The van der Waals surface area contributed by atoms with Crippen molar-refractivity contribution in [2.24, 2.45) is 17.6 Å². The third kappa shape index (κ3) is 5.40. The standard InChI is InChI=1S/C25H29N11O7S3/c1-34-13-6-12(26)30-23(36(13)32-21(34)27)46-10-24(19(39)40)8-35-17(38)15(18(35)45-9-24)31-16(37)14(11-7-44-22(28)29-11)33-43-25(20(41)42)4-2-3-5-25/h6-7,15,18,26H,2-5,8-10H2,1H3,(H7,27,28,29,31,32,37,39,40,41,42)/t15?,18-,24?/m1/s1. The van der Waals surface area contributed by atoms with E-state index in [1.807, 2.05) is 0 Å². The maximum absolute atomic E-state index is 13.4. The van der Waals surface area contributed by atoms with E-state index in [2.05, 4.69) is 25.5 Å². The number of aromatic nitrogens is 5. The molecule has 2 aliphatic heterocycles. The van der Waals surface area contributed by atoms with Crippen LogP contribution in [0.3, 0.4) is 0 Å². The number of β-lactam (4-membered cyclic amide) rings is 1. The predicted molar refractivity (Wildman–Crippen MR) is 164 cm³/mol. The molecule has 1 aliphatic carbocycles. The van der Waals surface area contributed by atoms with E-state index in [4.69, 9.17) is 22.0 Å². The summed E-state index contributed by atoms with van der Waals surface area (Å²) in [5.41, 5.74) is 14.9. The molecule has 0 radical (unpaired) electrons. The molecule has 244 valence electrons. The van der Waals surface area contributed by atoms with Gasteiger partial charge in [0.15, 0.2) is 10.8 Å². The summed E-state index contributed by atoms with van der Waals surface area (Å²) >= 11 is 3.32. The molecule has 3 fully saturated rings. The summed E-state index contributed by atoms with van der Waals surface area (Å²) in [5.74, 6) is -3.42. The number of nitrogens with one attached hydrogen (secondary N) is 1. The predicted octanol–water partition coefficient (Wildman–Crippen LogP) is -2.20. The van der Waals surface area contributed by atoms with Gasteiger partial charge in [0.25, 0.3) is 5.91 Å². The molecule has 8 N–H and O–H groups in total. The molecular weight excluding hydrogens is 663 g/mol. The molecule has 0 spiro atoms. The van der Waals surface area contributed by atoms with Crippen LogP contribution in [0.4, 0.5) is 16.9 Å². The fraction of sp³-hybridized carbons (Fsp3) is 0.480. The Hall–Kier alpha value is -4.37. The van der Waals surface area contributed by atoms with Crippen LogP contribution in [-0.2, 0) is 31.1 Å². The second-order valence-electron chi connectivity index (χ2n) is 11.2. The zero-order valence-corrected chi connectivity index (χ0v) is 26.7. The van der Waals surface area contributed by atoms with Crippen LogP contribution in [0.2, 0.25) is 0 Å². The number of thioether (sulfide) groups is 2. The van der Waals surface area contributed by atoms with Crippen LogP contribution >= 0.6 is 34.9 Å². The van der Waals surface area contributed by atoms with E-state index < -0.39 is 46.2 Å². The topological polar surface area (TPSA) is 273 Å². The number of carbonyl (C=O) groups excluding carboxylic acids is 3. The molecule has 3 atom stereocenters. The largest absolute Gasteiger partial charge is 0.549 e. The van der Waals surface area contributed by atoms with Gasteiger partial charge in [-0.1, -0.05) is 21.4 Å². The smallest absolute Gasteiger partial charge is 0.376 e. The van der Waals surface area contributed by atoms with Gasteiger partial charge in [0, 0.05) is 52.9 Å². The van der Waals surface area contributed by atoms with Crippen LogP contribution in [0, 0.1) is 5.41 Å². The van der Waals surface area contributed by atoms with E-state index in [1.54, 1.807) is 17.7 Å². The average molecular weight is 692 g/mol. The second-order valence-corrected chi connectivity index (χ2v) is 14.2. The number of hydrogen-bond donors (Lipinski definition) is 5. The number of nitrogens with two attached hydrogens (primary N) is 3. The van der Waals surface area contributed by atoms with E-state index >= 15 is 0 Å². The third-order valence-corrected chi connectivity index (χ3v) is 11.7. The highest BCUT2D eigenvalue weighted by Gasteiger charge is 2.56. The van der Waals surface area contributed by atoms with Crippen molar-refractivity contribution in [1.29, 1.82) is 0 Å². The van der Waals surface area contributed by atoms with Crippen molar-refractivity contribution in [3.8, 4) is 0 Å². The van der Waals surface area contributed by atoms with Gasteiger partial charge in [0.05, 0.1) is 13.0 Å². The van der Waals surface area contributed by atoms with Crippen molar-refractivity contribution in [2.45, 2.75) is 47.9 Å². The van der Waals surface area contributed by atoms with Gasteiger partial charge in [-0.15, -0.1) is 23.1 Å². The maximum Gasteiger partial charge on any atom is 0.376 e. The molecule has 21 heteroatoms. The molecule has 2 amide bonds. The van der Waals surface area contributed by atoms with Crippen LogP contribution in [0.5, 0.6) is 0 Å². The zero-order chi connectivity index (χ0) is 33.0. The van der Waals surface area contributed by atoms with E-state index in [0.717, 1.165) is 23.1 Å². The van der Waals surface area contributed by atoms with Crippen LogP contribution in [0.1, 0.15) is 31.4 Å². The Morgan fingerprint density at radius 1 is 1.28 bits per heavy atom. The molecule has 2 saturated heterocycles. The van der Waals surface area contributed by atoms with Crippen molar-refractivity contribution in [1.82, 2.24) is 29.8 Å². The minimum Gasteiger partial charge on any atom is -0.549 e. The third-order valence-electron chi connectivity index (χ3n) is 8.22. The summed E-state index contributed by atoms with van der Waals surface area (Å²) in [6, 6.07) is 0.578. The summed E-state index contributed by atoms with van der Waals surface area (Å²) in [6.07, 6.45) is 1.70. The van der Waals surface area contributed by atoms with Crippen LogP contribution < -0.4 is 32.2 Å². The van der Waals surface area contributed by atoms with Gasteiger partial charge >= 0.3 is 11.9 Å². The highest BCUT2D eigenvalue weighted by atomic mass is 32.2. The number of nitrogens with zero attached hydrogens (tertiary/aromatic N) is 7. The molecule has 6 rings (SSSR count). The highest BCUT2D eigenvalue weighted by Crippen LogP contribution is 2.44. The lowest BCUT2D eigenvalue weighted by molar-refractivity contribution is -0.631. The Balaban J connectivity index is 1.17. The Bertz CT molecular complexity index is 1790. The van der Waals surface area contributed by atoms with Gasteiger partial charge in [0.1, 0.15) is 22.9 Å². The number of aliphatic carboxylic acids is 2. The van der Waals surface area contributed by atoms with Crippen LogP contribution in [0.25, 0.3) is 5.65 Å². The Kier molecular flexibility index (Phi) is 8.09. The van der Waals surface area contributed by atoms with E-state index in [9.17, 15) is 29.4 Å². The normalized spacial score (nSPS) is 24.0. The number of nitrogen functional groups attached to an aromatic ring is 3.